The van der Waals surface area contributed by atoms with Crippen LogP contribution in [0.3, 0.4) is 0 Å². The van der Waals surface area contributed by atoms with Gasteiger partial charge >= 0.3 is 0 Å². The quantitative estimate of drug-likeness (QED) is 0.698. The molecule has 0 aliphatic heterocycles. The molecule has 1 aromatic heterocycles. The van der Waals surface area contributed by atoms with Crippen molar-refractivity contribution in [2.45, 2.75) is 26.2 Å². The molecule has 0 radical (unpaired) electrons. The highest BCUT2D eigenvalue weighted by Gasteiger charge is 2.18. The van der Waals surface area contributed by atoms with E-state index >= 15 is 0 Å². The van der Waals surface area contributed by atoms with Gasteiger partial charge in [0.05, 0.1) is 11.4 Å². The normalized spacial score (nSPS) is 11.2. The van der Waals surface area contributed by atoms with Crippen LogP contribution in [0.15, 0.2) is 65.5 Å². The number of phenols is 1. The number of nitrogens with zero attached hydrogens (tertiary/aromatic N) is 2. The fraction of sp³-hybridized carbons (Fsp3) is 0.190. The Labute approximate surface area is 157 Å². The van der Waals surface area contributed by atoms with Gasteiger partial charge in [-0.15, -0.1) is 0 Å². The third kappa shape index (κ3) is 4.06. The van der Waals surface area contributed by atoms with Crippen LogP contribution in [-0.2, 0) is 5.41 Å². The van der Waals surface area contributed by atoms with Gasteiger partial charge in [-0.05, 0) is 41.3 Å². The molecular weight excluding hydrogens is 342 g/mol. The van der Waals surface area contributed by atoms with E-state index in [0.29, 0.717) is 11.4 Å². The van der Waals surface area contributed by atoms with Gasteiger partial charge in [-0.3, -0.25) is 9.59 Å². The Balaban J connectivity index is 1.93. The number of phenolic OH excluding ortho intramolecular Hbond substituents is 1. The number of aromatic nitrogens is 2. The first kappa shape index (κ1) is 18.4. The van der Waals surface area contributed by atoms with Crippen LogP contribution in [0.4, 0.5) is 5.69 Å². The molecule has 0 fully saturated rings. The molecule has 0 bridgehead atoms. The molecule has 2 aromatic carbocycles. The van der Waals surface area contributed by atoms with Crippen molar-refractivity contribution in [1.82, 2.24) is 9.78 Å². The second kappa shape index (κ2) is 7.07. The van der Waals surface area contributed by atoms with E-state index in [-0.39, 0.29) is 22.4 Å². The SMILES string of the molecule is CC(C)(C)c1ccc(O)c(NC(=O)c2ccc(=O)n(-c3ccccc3)n2)c1. The number of aromatic hydroxyl groups is 1. The average Bonchev–Trinajstić information content (AvgIpc) is 2.63. The highest BCUT2D eigenvalue weighted by Crippen LogP contribution is 2.30. The summed E-state index contributed by atoms with van der Waals surface area (Å²) in [5.41, 5.74) is 1.43. The van der Waals surface area contributed by atoms with Crippen LogP contribution in [0, 0.1) is 0 Å². The number of hydrogen-bond donors (Lipinski definition) is 2. The number of carbonyl (C=O) groups excluding carboxylic acids is 1. The lowest BCUT2D eigenvalue weighted by Crippen LogP contribution is -2.25. The van der Waals surface area contributed by atoms with Gasteiger partial charge in [-0.25, -0.2) is 0 Å². The average molecular weight is 363 g/mol. The first-order valence-electron chi connectivity index (χ1n) is 8.56. The van der Waals surface area contributed by atoms with Crippen molar-refractivity contribution < 1.29 is 9.90 Å². The predicted molar refractivity (Wildman–Crippen MR) is 105 cm³/mol. The van der Waals surface area contributed by atoms with E-state index < -0.39 is 5.91 Å². The minimum absolute atomic E-state index is 0.0345. The Bertz CT molecular complexity index is 1030. The van der Waals surface area contributed by atoms with Crippen LogP contribution in [0.25, 0.3) is 5.69 Å². The van der Waals surface area contributed by atoms with Gasteiger partial charge in [0, 0.05) is 6.07 Å². The summed E-state index contributed by atoms with van der Waals surface area (Å²) in [6.45, 7) is 6.13. The molecule has 0 saturated carbocycles. The van der Waals surface area contributed by atoms with E-state index in [1.165, 1.54) is 16.8 Å². The number of nitrogens with one attached hydrogen (secondary N) is 1. The molecule has 6 nitrogen and oxygen atoms in total. The summed E-state index contributed by atoms with van der Waals surface area (Å²) in [6.07, 6.45) is 0. The fourth-order valence-electron chi connectivity index (χ4n) is 2.58. The third-order valence-electron chi connectivity index (χ3n) is 4.14. The van der Waals surface area contributed by atoms with Gasteiger partial charge in [-0.1, -0.05) is 45.0 Å². The van der Waals surface area contributed by atoms with Gasteiger partial charge in [0.25, 0.3) is 11.5 Å². The molecule has 0 aliphatic carbocycles. The minimum atomic E-state index is -0.513. The van der Waals surface area contributed by atoms with Crippen molar-refractivity contribution in [2.75, 3.05) is 5.32 Å². The summed E-state index contributed by atoms with van der Waals surface area (Å²) in [6, 6.07) is 16.6. The zero-order valence-electron chi connectivity index (χ0n) is 15.4. The molecule has 6 heteroatoms. The van der Waals surface area contributed by atoms with Crippen molar-refractivity contribution in [3.63, 3.8) is 0 Å². The lowest BCUT2D eigenvalue weighted by Gasteiger charge is -2.20. The maximum Gasteiger partial charge on any atom is 0.276 e. The van der Waals surface area contributed by atoms with Gasteiger partial charge in [0.1, 0.15) is 11.4 Å². The van der Waals surface area contributed by atoms with E-state index in [4.69, 9.17) is 0 Å². The molecule has 0 unspecified atom stereocenters. The number of anilines is 1. The van der Waals surface area contributed by atoms with Gasteiger partial charge in [0.15, 0.2) is 0 Å². The molecule has 1 heterocycles. The Morgan fingerprint density at radius 3 is 2.41 bits per heavy atom. The number of para-hydroxylation sites is 1. The Morgan fingerprint density at radius 1 is 1.04 bits per heavy atom. The Morgan fingerprint density at radius 2 is 1.74 bits per heavy atom. The Hall–Kier alpha value is -3.41. The molecular formula is C21H21N3O3. The molecule has 0 saturated heterocycles. The molecule has 0 aliphatic rings. The van der Waals surface area contributed by atoms with Crippen molar-refractivity contribution in [1.29, 1.82) is 0 Å². The monoisotopic (exact) mass is 363 g/mol. The molecule has 0 atom stereocenters. The van der Waals surface area contributed by atoms with E-state index in [1.807, 2.05) is 32.9 Å². The van der Waals surface area contributed by atoms with E-state index in [2.05, 4.69) is 10.4 Å². The van der Waals surface area contributed by atoms with Gasteiger partial charge in [0.2, 0.25) is 0 Å². The summed E-state index contributed by atoms with van der Waals surface area (Å²) in [5.74, 6) is -0.547. The predicted octanol–water partition coefficient (Wildman–Crippen LogP) is 3.49. The highest BCUT2D eigenvalue weighted by molar-refractivity contribution is 6.03. The van der Waals surface area contributed by atoms with Crippen LogP contribution < -0.4 is 10.9 Å². The number of benzene rings is 2. The van der Waals surface area contributed by atoms with Gasteiger partial charge in [-0.2, -0.15) is 9.78 Å². The van der Waals surface area contributed by atoms with Crippen molar-refractivity contribution in [2.24, 2.45) is 0 Å². The second-order valence-corrected chi connectivity index (χ2v) is 7.24. The van der Waals surface area contributed by atoms with Crippen molar-refractivity contribution in [3.05, 3.63) is 82.3 Å². The van der Waals surface area contributed by atoms with E-state index in [9.17, 15) is 14.7 Å². The topological polar surface area (TPSA) is 84.2 Å². The van der Waals surface area contributed by atoms with Crippen molar-refractivity contribution in [3.8, 4) is 11.4 Å². The highest BCUT2D eigenvalue weighted by atomic mass is 16.3. The maximum absolute atomic E-state index is 12.6. The molecule has 3 aromatic rings. The third-order valence-corrected chi connectivity index (χ3v) is 4.14. The Kier molecular flexibility index (Phi) is 4.81. The summed E-state index contributed by atoms with van der Waals surface area (Å²) in [5, 5.41) is 16.9. The number of amides is 1. The van der Waals surface area contributed by atoms with Gasteiger partial charge < -0.3 is 10.4 Å². The van der Waals surface area contributed by atoms with E-state index in [0.717, 1.165) is 5.56 Å². The van der Waals surface area contributed by atoms with Crippen LogP contribution in [0.2, 0.25) is 0 Å². The van der Waals surface area contributed by atoms with E-state index in [1.54, 1.807) is 36.4 Å². The standard InChI is InChI=1S/C21H21N3O3/c1-21(2,3)14-9-11-18(25)17(13-14)22-20(27)16-10-12-19(26)24(23-16)15-7-5-4-6-8-15/h4-13,25H,1-3H3,(H,22,27). The molecule has 138 valence electrons. The number of rotatable bonds is 3. The zero-order chi connectivity index (χ0) is 19.6. The smallest absolute Gasteiger partial charge is 0.276 e. The molecule has 27 heavy (non-hydrogen) atoms. The number of carbonyl (C=O) groups is 1. The second-order valence-electron chi connectivity index (χ2n) is 7.24. The van der Waals surface area contributed by atoms with Crippen molar-refractivity contribution >= 4 is 11.6 Å². The first-order valence-corrected chi connectivity index (χ1v) is 8.56. The largest absolute Gasteiger partial charge is 0.506 e. The molecule has 3 rings (SSSR count). The summed E-state index contributed by atoms with van der Waals surface area (Å²) in [4.78, 5) is 24.7. The number of hydrogen-bond acceptors (Lipinski definition) is 4. The lowest BCUT2D eigenvalue weighted by atomic mass is 9.87. The minimum Gasteiger partial charge on any atom is -0.506 e. The zero-order valence-corrected chi connectivity index (χ0v) is 15.4. The molecule has 0 spiro atoms. The van der Waals surface area contributed by atoms with Crippen LogP contribution >= 0.6 is 0 Å². The summed E-state index contributed by atoms with van der Waals surface area (Å²) >= 11 is 0. The molecule has 2 N–H and O–H groups in total. The van der Waals surface area contributed by atoms with Crippen LogP contribution in [0.1, 0.15) is 36.8 Å². The first-order chi connectivity index (χ1) is 12.8. The van der Waals surface area contributed by atoms with Crippen LogP contribution in [-0.4, -0.2) is 20.8 Å². The maximum atomic E-state index is 12.6. The molecule has 1 amide bonds. The lowest BCUT2D eigenvalue weighted by molar-refractivity contribution is 0.102. The summed E-state index contributed by atoms with van der Waals surface area (Å²) in [7, 11) is 0. The summed E-state index contributed by atoms with van der Waals surface area (Å²) < 4.78 is 1.17. The fourth-order valence-corrected chi connectivity index (χ4v) is 2.58. The van der Waals surface area contributed by atoms with Crippen LogP contribution in [0.5, 0.6) is 5.75 Å².